The van der Waals surface area contributed by atoms with E-state index in [9.17, 15) is 32.3 Å². The molecule has 0 radical (unpaired) electrons. The average Bonchev–Trinajstić information content (AvgIpc) is 2.81. The van der Waals surface area contributed by atoms with Crippen molar-refractivity contribution in [3.8, 4) is 0 Å². The van der Waals surface area contributed by atoms with E-state index >= 15 is 0 Å². The predicted molar refractivity (Wildman–Crippen MR) is 126 cm³/mol. The lowest BCUT2D eigenvalue weighted by Crippen LogP contribution is -2.60. The molecule has 1 heterocycles. The molecule has 0 unspecified atom stereocenters. The molecule has 3 amide bonds. The maximum absolute atomic E-state index is 13.4. The Morgan fingerprint density at radius 2 is 1.53 bits per heavy atom. The molecule has 0 bridgehead atoms. The summed E-state index contributed by atoms with van der Waals surface area (Å²) in [6.45, 7) is 3.66. The van der Waals surface area contributed by atoms with Crippen LogP contribution in [0.25, 0.3) is 5.70 Å². The summed E-state index contributed by atoms with van der Waals surface area (Å²) in [5.41, 5.74) is -0.174. The Morgan fingerprint density at radius 3 is 2.06 bits per heavy atom. The van der Waals surface area contributed by atoms with E-state index in [1.807, 2.05) is 0 Å². The number of nitrogens with one attached hydrogen (secondary N) is 1. The van der Waals surface area contributed by atoms with Crippen LogP contribution in [0.2, 0.25) is 0 Å². The Morgan fingerprint density at radius 1 is 0.972 bits per heavy atom. The Bertz CT molecular complexity index is 1180. The number of carbonyl (C=O) groups is 4. The van der Waals surface area contributed by atoms with Crippen LogP contribution in [0, 0.1) is 0 Å². The molecule has 10 heteroatoms. The minimum atomic E-state index is -5.16. The van der Waals surface area contributed by atoms with E-state index in [1.165, 1.54) is 31.9 Å². The summed E-state index contributed by atoms with van der Waals surface area (Å²) in [6, 6.07) is 14.6. The highest BCUT2D eigenvalue weighted by atomic mass is 19.4. The molecule has 0 saturated carbocycles. The van der Waals surface area contributed by atoms with Crippen molar-refractivity contribution in [2.75, 3.05) is 6.54 Å². The first-order valence-electron chi connectivity index (χ1n) is 11.2. The number of benzene rings is 2. The number of amides is 3. The molecule has 2 aromatic carbocycles. The molecular formula is C26H26F3N3O4. The van der Waals surface area contributed by atoms with Crippen LogP contribution in [-0.4, -0.2) is 57.6 Å². The third-order valence-corrected chi connectivity index (χ3v) is 5.84. The summed E-state index contributed by atoms with van der Waals surface area (Å²) in [5.74, 6) is -4.04. The summed E-state index contributed by atoms with van der Waals surface area (Å²) >= 11 is 0. The number of rotatable bonds is 7. The molecule has 3 rings (SSSR count). The monoisotopic (exact) mass is 501 g/mol. The number of hydrogen-bond acceptors (Lipinski definition) is 4. The van der Waals surface area contributed by atoms with Gasteiger partial charge in [-0.3, -0.25) is 24.1 Å². The quantitative estimate of drug-likeness (QED) is 0.631. The van der Waals surface area contributed by atoms with E-state index in [4.69, 9.17) is 0 Å². The van der Waals surface area contributed by atoms with E-state index in [-0.39, 0.29) is 12.1 Å². The van der Waals surface area contributed by atoms with E-state index in [0.717, 1.165) is 4.90 Å². The molecule has 7 nitrogen and oxygen atoms in total. The van der Waals surface area contributed by atoms with Gasteiger partial charge in [-0.05, 0) is 25.0 Å². The molecule has 1 aliphatic heterocycles. The Hall–Kier alpha value is -3.95. The van der Waals surface area contributed by atoms with Crippen LogP contribution < -0.4 is 5.32 Å². The number of hydrogen-bond donors (Lipinski definition) is 1. The van der Waals surface area contributed by atoms with Gasteiger partial charge in [0.05, 0.1) is 5.70 Å². The topological polar surface area (TPSA) is 86.8 Å². The highest BCUT2D eigenvalue weighted by Gasteiger charge is 2.46. The summed E-state index contributed by atoms with van der Waals surface area (Å²) in [5, 5.41) is 2.16. The molecule has 0 fully saturated rings. The van der Waals surface area contributed by atoms with Gasteiger partial charge >= 0.3 is 6.18 Å². The highest BCUT2D eigenvalue weighted by molar-refractivity contribution is 6.02. The number of alkyl halides is 3. The number of carbonyl (C=O) groups excluding carboxylic acids is 4. The maximum Gasteiger partial charge on any atom is 0.452 e. The largest absolute Gasteiger partial charge is 0.452 e. The van der Waals surface area contributed by atoms with Gasteiger partial charge in [-0.2, -0.15) is 13.2 Å². The fourth-order valence-corrected chi connectivity index (χ4v) is 4.02. The van der Waals surface area contributed by atoms with Crippen molar-refractivity contribution < 1.29 is 32.3 Å². The lowest BCUT2D eigenvalue weighted by molar-refractivity contribution is -0.173. The van der Waals surface area contributed by atoms with Gasteiger partial charge in [0.1, 0.15) is 18.1 Å². The number of halogens is 3. The van der Waals surface area contributed by atoms with Crippen molar-refractivity contribution in [2.45, 2.75) is 44.9 Å². The van der Waals surface area contributed by atoms with Crippen molar-refractivity contribution in [3.63, 3.8) is 0 Å². The standard InChI is InChI=1S/C26H26F3N3O4/c1-17(33)32-15-21(19-12-8-5-9-13-19)31(24(36)25(32,2)3)16-22(34)30-20(23(35)26(27,28)29)14-18-10-6-4-7-11-18/h4-13,15,20H,14,16H2,1-3H3,(H,30,34)/t20-/m0/s1. The summed E-state index contributed by atoms with van der Waals surface area (Å²) in [7, 11) is 0. The molecule has 190 valence electrons. The fraction of sp³-hybridized carbons (Fsp3) is 0.308. The molecule has 2 aromatic rings. The number of ketones is 1. The predicted octanol–water partition coefficient (Wildman–Crippen LogP) is 3.31. The second-order valence-corrected chi connectivity index (χ2v) is 8.89. The first-order chi connectivity index (χ1) is 16.8. The van der Waals surface area contributed by atoms with Crippen molar-refractivity contribution in [1.29, 1.82) is 0 Å². The van der Waals surface area contributed by atoms with Gasteiger partial charge in [-0.25, -0.2) is 0 Å². The summed E-state index contributed by atoms with van der Waals surface area (Å²) in [4.78, 5) is 53.1. The Balaban J connectivity index is 1.92. The fourth-order valence-electron chi connectivity index (χ4n) is 4.02. The molecule has 1 N–H and O–H groups in total. The van der Waals surface area contributed by atoms with Crippen molar-refractivity contribution in [1.82, 2.24) is 15.1 Å². The third kappa shape index (κ3) is 5.81. The van der Waals surface area contributed by atoms with E-state index in [2.05, 4.69) is 5.32 Å². The van der Waals surface area contributed by atoms with Gasteiger partial charge in [-0.1, -0.05) is 60.7 Å². The van der Waals surface area contributed by atoms with Crippen LogP contribution in [0.15, 0.2) is 66.9 Å². The SMILES string of the molecule is CC(=O)N1C=C(c2ccccc2)N(CC(=O)N[C@@H](Cc2ccccc2)C(=O)C(F)(F)F)C(=O)C1(C)C. The zero-order chi connectivity index (χ0) is 26.7. The number of nitrogens with zero attached hydrogens (tertiary/aromatic N) is 2. The van der Waals surface area contributed by atoms with Crippen molar-refractivity contribution in [2.24, 2.45) is 0 Å². The maximum atomic E-state index is 13.4. The number of Topliss-reactive ketones (excluding diaryl/α,β-unsaturated/α-hetero) is 1. The van der Waals surface area contributed by atoms with Crippen LogP contribution >= 0.6 is 0 Å². The van der Waals surface area contributed by atoms with Gasteiger partial charge in [0.2, 0.25) is 11.8 Å². The van der Waals surface area contributed by atoms with Gasteiger partial charge < -0.3 is 10.2 Å². The van der Waals surface area contributed by atoms with Crippen LogP contribution in [0.1, 0.15) is 31.9 Å². The smallest absolute Gasteiger partial charge is 0.344 e. The average molecular weight is 502 g/mol. The minimum Gasteiger partial charge on any atom is -0.344 e. The van der Waals surface area contributed by atoms with Crippen LogP contribution in [-0.2, 0) is 25.6 Å². The third-order valence-electron chi connectivity index (χ3n) is 5.84. The molecule has 0 spiro atoms. The van der Waals surface area contributed by atoms with Crippen LogP contribution in [0.5, 0.6) is 0 Å². The first kappa shape index (κ1) is 26.7. The second kappa shape index (κ2) is 10.3. The Labute approximate surface area is 206 Å². The van der Waals surface area contributed by atoms with Crippen molar-refractivity contribution in [3.05, 3.63) is 78.0 Å². The minimum absolute atomic E-state index is 0.229. The molecular weight excluding hydrogens is 475 g/mol. The molecule has 36 heavy (non-hydrogen) atoms. The van der Waals surface area contributed by atoms with E-state index in [0.29, 0.717) is 11.1 Å². The highest BCUT2D eigenvalue weighted by Crippen LogP contribution is 2.32. The molecule has 1 atom stereocenters. The molecule has 1 aliphatic rings. The summed E-state index contributed by atoms with van der Waals surface area (Å²) < 4.78 is 39.8. The second-order valence-electron chi connectivity index (χ2n) is 8.89. The first-order valence-corrected chi connectivity index (χ1v) is 11.2. The lowest BCUT2D eigenvalue weighted by Gasteiger charge is -2.44. The van der Waals surface area contributed by atoms with Crippen molar-refractivity contribution >= 4 is 29.2 Å². The van der Waals surface area contributed by atoms with Gasteiger partial charge in [0.15, 0.2) is 0 Å². The zero-order valence-electron chi connectivity index (χ0n) is 20.0. The zero-order valence-corrected chi connectivity index (χ0v) is 20.0. The molecule has 0 aliphatic carbocycles. The van der Waals surface area contributed by atoms with E-state index < -0.39 is 47.8 Å². The van der Waals surface area contributed by atoms with Crippen LogP contribution in [0.4, 0.5) is 13.2 Å². The molecule has 0 saturated heterocycles. The van der Waals surface area contributed by atoms with Gasteiger partial charge in [0, 0.05) is 19.5 Å². The van der Waals surface area contributed by atoms with Gasteiger partial charge in [-0.15, -0.1) is 0 Å². The lowest BCUT2D eigenvalue weighted by atomic mass is 9.95. The molecule has 0 aromatic heterocycles. The normalized spacial score (nSPS) is 16.3. The summed E-state index contributed by atoms with van der Waals surface area (Å²) in [6.07, 6.45) is -4.09. The Kier molecular flexibility index (Phi) is 7.66. The van der Waals surface area contributed by atoms with Gasteiger partial charge in [0.25, 0.3) is 11.7 Å². The van der Waals surface area contributed by atoms with E-state index in [1.54, 1.807) is 60.7 Å². The van der Waals surface area contributed by atoms with Crippen LogP contribution in [0.3, 0.4) is 0 Å².